The van der Waals surface area contributed by atoms with Crippen molar-refractivity contribution < 1.29 is 0 Å². The van der Waals surface area contributed by atoms with Crippen LogP contribution in [0.3, 0.4) is 0 Å². The van der Waals surface area contributed by atoms with E-state index in [2.05, 4.69) is 41.1 Å². The van der Waals surface area contributed by atoms with Gasteiger partial charge in [0.2, 0.25) is 0 Å². The Hall–Kier alpha value is -1.97. The van der Waals surface area contributed by atoms with Crippen LogP contribution in [0.1, 0.15) is 38.8 Å². The van der Waals surface area contributed by atoms with Crippen molar-refractivity contribution in [2.24, 2.45) is 7.05 Å². The second-order valence-electron chi connectivity index (χ2n) is 4.56. The largest absolute Gasteiger partial charge is 0.256 e. The van der Waals surface area contributed by atoms with E-state index < -0.39 is 0 Å². The van der Waals surface area contributed by atoms with Gasteiger partial charge in [0.05, 0.1) is 5.69 Å². The SMILES string of the molecule is CC/C=C(\CCC)c1ccc(-c2ncn(C)n2)cn1. The third-order valence-electron chi connectivity index (χ3n) is 2.92. The van der Waals surface area contributed by atoms with E-state index in [0.29, 0.717) is 0 Å². The van der Waals surface area contributed by atoms with E-state index in [4.69, 9.17) is 0 Å². The molecule has 0 N–H and O–H groups in total. The maximum atomic E-state index is 4.54. The van der Waals surface area contributed by atoms with Gasteiger partial charge in [-0.2, -0.15) is 5.10 Å². The fourth-order valence-corrected chi connectivity index (χ4v) is 2.04. The Labute approximate surface area is 114 Å². The summed E-state index contributed by atoms with van der Waals surface area (Å²) in [6, 6.07) is 4.10. The maximum Gasteiger partial charge on any atom is 0.182 e. The first kappa shape index (κ1) is 13.5. The molecule has 100 valence electrons. The van der Waals surface area contributed by atoms with Crippen LogP contribution >= 0.6 is 0 Å². The predicted octanol–water partition coefficient (Wildman–Crippen LogP) is 3.47. The van der Waals surface area contributed by atoms with Crippen LogP contribution in [0.2, 0.25) is 0 Å². The molecule has 0 aliphatic heterocycles. The van der Waals surface area contributed by atoms with Gasteiger partial charge in [-0.05, 0) is 30.5 Å². The fourth-order valence-electron chi connectivity index (χ4n) is 2.04. The summed E-state index contributed by atoms with van der Waals surface area (Å²) in [5.41, 5.74) is 3.34. The highest BCUT2D eigenvalue weighted by molar-refractivity contribution is 5.64. The highest BCUT2D eigenvalue weighted by Crippen LogP contribution is 2.21. The molecule has 2 heterocycles. The van der Waals surface area contributed by atoms with E-state index in [1.807, 2.05) is 19.3 Å². The average molecular weight is 256 g/mol. The predicted molar refractivity (Wildman–Crippen MR) is 77.4 cm³/mol. The molecule has 0 aromatic carbocycles. The molecule has 0 aliphatic carbocycles. The summed E-state index contributed by atoms with van der Waals surface area (Å²) in [7, 11) is 1.86. The number of allylic oxidation sites excluding steroid dienone is 2. The third kappa shape index (κ3) is 3.28. The number of hydrogen-bond acceptors (Lipinski definition) is 3. The lowest BCUT2D eigenvalue weighted by atomic mass is 10.0. The van der Waals surface area contributed by atoms with Crippen molar-refractivity contribution in [3.8, 4) is 11.4 Å². The van der Waals surface area contributed by atoms with Crippen molar-refractivity contribution in [3.05, 3.63) is 36.4 Å². The fraction of sp³-hybridized carbons (Fsp3) is 0.400. The van der Waals surface area contributed by atoms with E-state index in [1.54, 1.807) is 11.0 Å². The molecule has 2 rings (SSSR count). The zero-order chi connectivity index (χ0) is 13.7. The summed E-state index contributed by atoms with van der Waals surface area (Å²) in [4.78, 5) is 8.77. The van der Waals surface area contributed by atoms with Crippen LogP contribution in [0.4, 0.5) is 0 Å². The summed E-state index contributed by atoms with van der Waals surface area (Å²) in [6.07, 6.45) is 9.05. The summed E-state index contributed by atoms with van der Waals surface area (Å²) < 4.78 is 1.70. The Morgan fingerprint density at radius 2 is 2.11 bits per heavy atom. The van der Waals surface area contributed by atoms with Gasteiger partial charge in [0, 0.05) is 18.8 Å². The molecule has 0 bridgehead atoms. The van der Waals surface area contributed by atoms with Crippen LogP contribution < -0.4 is 0 Å². The second-order valence-corrected chi connectivity index (χ2v) is 4.56. The van der Waals surface area contributed by atoms with Gasteiger partial charge in [0.1, 0.15) is 6.33 Å². The van der Waals surface area contributed by atoms with Crippen molar-refractivity contribution in [3.63, 3.8) is 0 Å². The second kappa shape index (κ2) is 6.27. The van der Waals surface area contributed by atoms with E-state index in [-0.39, 0.29) is 0 Å². The Kier molecular flexibility index (Phi) is 4.44. The van der Waals surface area contributed by atoms with Gasteiger partial charge in [-0.15, -0.1) is 0 Å². The van der Waals surface area contributed by atoms with Gasteiger partial charge in [0.15, 0.2) is 5.82 Å². The Morgan fingerprint density at radius 3 is 2.63 bits per heavy atom. The van der Waals surface area contributed by atoms with Crippen LogP contribution in [0.15, 0.2) is 30.7 Å². The monoisotopic (exact) mass is 256 g/mol. The number of aromatic nitrogens is 4. The quantitative estimate of drug-likeness (QED) is 0.822. The molecule has 0 unspecified atom stereocenters. The highest BCUT2D eigenvalue weighted by atomic mass is 15.3. The van der Waals surface area contributed by atoms with Crippen molar-refractivity contribution in [2.75, 3.05) is 0 Å². The van der Waals surface area contributed by atoms with Crippen LogP contribution in [-0.2, 0) is 7.05 Å². The van der Waals surface area contributed by atoms with Crippen molar-refractivity contribution in [1.82, 2.24) is 19.7 Å². The summed E-state index contributed by atoms with van der Waals surface area (Å²) in [5, 5.41) is 4.28. The molecule has 2 aromatic heterocycles. The molecule has 4 nitrogen and oxygen atoms in total. The van der Waals surface area contributed by atoms with Crippen LogP contribution in [0.25, 0.3) is 17.0 Å². The summed E-state index contributed by atoms with van der Waals surface area (Å²) >= 11 is 0. The van der Waals surface area contributed by atoms with Gasteiger partial charge in [0.25, 0.3) is 0 Å². The van der Waals surface area contributed by atoms with Crippen LogP contribution in [0.5, 0.6) is 0 Å². The van der Waals surface area contributed by atoms with Crippen LogP contribution in [-0.4, -0.2) is 19.7 Å². The number of aryl methyl sites for hydroxylation is 1. The summed E-state index contributed by atoms with van der Waals surface area (Å²) in [5.74, 6) is 0.720. The van der Waals surface area contributed by atoms with Crippen LogP contribution in [0, 0.1) is 0 Å². The molecule has 0 fully saturated rings. The van der Waals surface area contributed by atoms with Crippen molar-refractivity contribution >= 4 is 5.57 Å². The minimum atomic E-state index is 0.720. The summed E-state index contributed by atoms with van der Waals surface area (Å²) in [6.45, 7) is 4.34. The molecule has 4 heteroatoms. The number of pyridine rings is 1. The minimum absolute atomic E-state index is 0.720. The first-order valence-corrected chi connectivity index (χ1v) is 6.76. The first-order chi connectivity index (χ1) is 9.24. The van der Waals surface area contributed by atoms with E-state index in [9.17, 15) is 0 Å². The van der Waals surface area contributed by atoms with Gasteiger partial charge in [-0.1, -0.05) is 26.3 Å². The standard InChI is InChI=1S/C15H20N4/c1-4-6-12(7-5-2)14-9-8-13(10-16-14)15-17-11-19(3)18-15/h6,8-11H,4-5,7H2,1-3H3/b12-6+. The van der Waals surface area contributed by atoms with Gasteiger partial charge in [-0.3, -0.25) is 9.67 Å². The van der Waals surface area contributed by atoms with E-state index in [1.165, 1.54) is 5.57 Å². The van der Waals surface area contributed by atoms with E-state index >= 15 is 0 Å². The minimum Gasteiger partial charge on any atom is -0.256 e. The molecular formula is C15H20N4. The lowest BCUT2D eigenvalue weighted by Gasteiger charge is -2.06. The molecule has 0 saturated carbocycles. The molecule has 0 aliphatic rings. The van der Waals surface area contributed by atoms with Crippen molar-refractivity contribution in [2.45, 2.75) is 33.1 Å². The van der Waals surface area contributed by atoms with Gasteiger partial charge >= 0.3 is 0 Å². The molecule has 19 heavy (non-hydrogen) atoms. The zero-order valence-corrected chi connectivity index (χ0v) is 11.8. The smallest absolute Gasteiger partial charge is 0.182 e. The highest BCUT2D eigenvalue weighted by Gasteiger charge is 2.06. The zero-order valence-electron chi connectivity index (χ0n) is 11.8. The number of nitrogens with zero attached hydrogens (tertiary/aromatic N) is 4. The van der Waals surface area contributed by atoms with Crippen molar-refractivity contribution in [1.29, 1.82) is 0 Å². The topological polar surface area (TPSA) is 43.6 Å². The third-order valence-corrected chi connectivity index (χ3v) is 2.92. The molecule has 2 aromatic rings. The Balaban J connectivity index is 2.24. The molecule has 0 atom stereocenters. The number of hydrogen-bond donors (Lipinski definition) is 0. The van der Waals surface area contributed by atoms with Gasteiger partial charge < -0.3 is 0 Å². The lowest BCUT2D eigenvalue weighted by molar-refractivity contribution is 0.768. The molecular weight excluding hydrogens is 236 g/mol. The maximum absolute atomic E-state index is 4.54. The molecule has 0 amide bonds. The lowest BCUT2D eigenvalue weighted by Crippen LogP contribution is -1.92. The Bertz CT molecular complexity index is 552. The van der Waals surface area contributed by atoms with Gasteiger partial charge in [-0.25, -0.2) is 4.98 Å². The number of rotatable bonds is 5. The van der Waals surface area contributed by atoms with E-state index in [0.717, 1.165) is 36.3 Å². The molecule has 0 radical (unpaired) electrons. The normalized spacial score (nSPS) is 11.8. The molecule has 0 saturated heterocycles. The average Bonchev–Trinajstić information content (AvgIpc) is 2.85. The molecule has 0 spiro atoms. The Morgan fingerprint density at radius 1 is 1.26 bits per heavy atom. The first-order valence-electron chi connectivity index (χ1n) is 6.76.